The van der Waals surface area contributed by atoms with Crippen LogP contribution in [0.3, 0.4) is 0 Å². The number of Topliss-reactive ketones (excluding diaryl/α,β-unsaturated/α-hetero) is 2. The zero-order valence-electron chi connectivity index (χ0n) is 14.0. The number of carbonyl (C=O) groups excluding carboxylic acids is 3. The molecule has 1 atom stereocenters. The number of sulfonamides is 1. The van der Waals surface area contributed by atoms with Crippen LogP contribution in [0.15, 0.2) is 35.2 Å². The van der Waals surface area contributed by atoms with Crippen LogP contribution in [0.5, 0.6) is 0 Å². The Bertz CT molecular complexity index is 792. The molecule has 0 unspecified atom stereocenters. The Balaban J connectivity index is 3.77. The lowest BCUT2D eigenvalue weighted by Crippen LogP contribution is -2.71. The molecule has 0 amide bonds. The number of rotatable bonds is 7. The summed E-state index contributed by atoms with van der Waals surface area (Å²) in [5, 5.41) is 0. The van der Waals surface area contributed by atoms with Crippen molar-refractivity contribution in [1.82, 2.24) is 4.72 Å². The van der Waals surface area contributed by atoms with Gasteiger partial charge in [0.2, 0.25) is 15.6 Å². The van der Waals surface area contributed by atoms with E-state index in [-0.39, 0.29) is 0 Å². The minimum absolute atomic E-state index is 0.580. The molecule has 0 aliphatic carbocycles. The number of alkyl halides is 3. The van der Waals surface area contributed by atoms with Crippen LogP contribution in [-0.4, -0.2) is 44.8 Å². The summed E-state index contributed by atoms with van der Waals surface area (Å²) in [6.45, 7) is 1.29. The molecule has 0 fully saturated rings. The summed E-state index contributed by atoms with van der Waals surface area (Å²) in [5.41, 5.74) is -4.10. The Morgan fingerprint density at radius 1 is 1.04 bits per heavy atom. The average Bonchev–Trinajstić information content (AvgIpc) is 2.52. The normalized spacial score (nSPS) is 14.6. The molecule has 1 rings (SSSR count). The van der Waals surface area contributed by atoms with Gasteiger partial charge in [-0.3, -0.25) is 9.59 Å². The highest BCUT2D eigenvalue weighted by Crippen LogP contribution is 2.40. The van der Waals surface area contributed by atoms with E-state index in [0.717, 1.165) is 12.1 Å². The van der Waals surface area contributed by atoms with Gasteiger partial charge in [0, 0.05) is 0 Å². The second-order valence-electron chi connectivity index (χ2n) is 5.37. The van der Waals surface area contributed by atoms with Gasteiger partial charge in [0.15, 0.2) is 0 Å². The summed E-state index contributed by atoms with van der Waals surface area (Å²) in [6, 6.07) is 5.88. The monoisotopic (exact) mass is 395 g/mol. The van der Waals surface area contributed by atoms with Crippen molar-refractivity contribution in [2.75, 3.05) is 7.11 Å². The van der Waals surface area contributed by atoms with E-state index in [9.17, 15) is 36.0 Å². The van der Waals surface area contributed by atoms with Gasteiger partial charge in [-0.05, 0) is 26.0 Å². The maximum absolute atomic E-state index is 13.9. The third-order valence-electron chi connectivity index (χ3n) is 3.55. The van der Waals surface area contributed by atoms with E-state index >= 15 is 0 Å². The fourth-order valence-electron chi connectivity index (χ4n) is 2.48. The van der Waals surface area contributed by atoms with Gasteiger partial charge < -0.3 is 4.74 Å². The van der Waals surface area contributed by atoms with Gasteiger partial charge >= 0.3 is 12.1 Å². The number of halogens is 3. The van der Waals surface area contributed by atoms with E-state index in [1.807, 2.05) is 0 Å². The molecule has 144 valence electrons. The standard InChI is InChI=1S/C15H16F3NO6S/c1-9(20)12(10(2)21)14(13(22)25-3,15(16,17)18)19-26(23,24)11-7-5-4-6-8-11/h4-8,12,19H,1-3H3/t14-/m0/s1. The van der Waals surface area contributed by atoms with Crippen LogP contribution in [0, 0.1) is 5.92 Å². The molecular weight excluding hydrogens is 379 g/mol. The quantitative estimate of drug-likeness (QED) is 0.550. The number of carbonyl (C=O) groups is 3. The summed E-state index contributed by atoms with van der Waals surface area (Å²) in [4.78, 5) is 35.0. The maximum atomic E-state index is 13.9. The number of hydrogen-bond donors (Lipinski definition) is 1. The fourth-order valence-corrected chi connectivity index (χ4v) is 3.86. The molecule has 0 saturated heterocycles. The number of benzene rings is 1. The number of ketones is 2. The topological polar surface area (TPSA) is 107 Å². The predicted octanol–water partition coefficient (Wildman–Crippen LogP) is 1.23. The van der Waals surface area contributed by atoms with E-state index in [4.69, 9.17) is 0 Å². The lowest BCUT2D eigenvalue weighted by Gasteiger charge is -2.37. The summed E-state index contributed by atoms with van der Waals surface area (Å²) < 4.78 is 71.9. The summed E-state index contributed by atoms with van der Waals surface area (Å²) in [5.74, 6) is -7.49. The SMILES string of the molecule is COC(=O)[C@@](NS(=O)(=O)c1ccccc1)(C(C(C)=O)C(C)=O)C(F)(F)F. The zero-order chi connectivity index (χ0) is 20.3. The zero-order valence-corrected chi connectivity index (χ0v) is 14.8. The van der Waals surface area contributed by atoms with Crippen LogP contribution in [0.1, 0.15) is 13.8 Å². The molecule has 0 aliphatic heterocycles. The van der Waals surface area contributed by atoms with E-state index in [1.54, 1.807) is 0 Å². The van der Waals surface area contributed by atoms with Crippen LogP contribution in [0.2, 0.25) is 0 Å². The summed E-state index contributed by atoms with van der Waals surface area (Å²) in [6.07, 6.45) is -5.65. The van der Waals surface area contributed by atoms with Crippen LogP contribution < -0.4 is 4.72 Å². The Kier molecular flexibility index (Phi) is 6.31. The summed E-state index contributed by atoms with van der Waals surface area (Å²) >= 11 is 0. The molecule has 0 radical (unpaired) electrons. The first-order chi connectivity index (χ1) is 11.8. The Morgan fingerprint density at radius 3 is 1.85 bits per heavy atom. The van der Waals surface area contributed by atoms with Crippen molar-refractivity contribution in [1.29, 1.82) is 0 Å². The van der Waals surface area contributed by atoms with Crippen LogP contribution in [0.4, 0.5) is 13.2 Å². The minimum Gasteiger partial charge on any atom is -0.467 e. The number of hydrogen-bond acceptors (Lipinski definition) is 6. The van der Waals surface area contributed by atoms with Gasteiger partial charge in [0.25, 0.3) is 0 Å². The molecule has 7 nitrogen and oxygen atoms in total. The fraction of sp³-hybridized carbons (Fsp3) is 0.400. The van der Waals surface area contributed by atoms with Crippen molar-refractivity contribution in [3.8, 4) is 0 Å². The van der Waals surface area contributed by atoms with E-state index in [1.165, 1.54) is 22.9 Å². The van der Waals surface area contributed by atoms with Crippen LogP contribution >= 0.6 is 0 Å². The van der Waals surface area contributed by atoms with Gasteiger partial charge in [-0.25, -0.2) is 13.2 Å². The molecule has 0 aliphatic rings. The Morgan fingerprint density at radius 2 is 1.50 bits per heavy atom. The molecule has 0 aromatic heterocycles. The van der Waals surface area contributed by atoms with Gasteiger partial charge in [0.05, 0.1) is 12.0 Å². The van der Waals surface area contributed by atoms with E-state index in [2.05, 4.69) is 4.74 Å². The molecular formula is C15H16F3NO6S. The Labute approximate surface area is 147 Å². The molecule has 0 bridgehead atoms. The highest BCUT2D eigenvalue weighted by molar-refractivity contribution is 7.89. The number of esters is 1. The van der Waals surface area contributed by atoms with E-state index < -0.39 is 50.1 Å². The molecule has 1 aromatic rings. The van der Waals surface area contributed by atoms with Gasteiger partial charge in [0.1, 0.15) is 17.5 Å². The van der Waals surface area contributed by atoms with Gasteiger partial charge in [-0.2, -0.15) is 17.9 Å². The van der Waals surface area contributed by atoms with Gasteiger partial charge in [-0.15, -0.1) is 0 Å². The first kappa shape index (κ1) is 21.8. The molecule has 1 aromatic carbocycles. The van der Waals surface area contributed by atoms with Crippen LogP contribution in [0.25, 0.3) is 0 Å². The number of methoxy groups -OCH3 is 1. The van der Waals surface area contributed by atoms with Crippen molar-refractivity contribution in [3.63, 3.8) is 0 Å². The molecule has 0 saturated carbocycles. The third-order valence-corrected chi connectivity index (χ3v) is 5.03. The van der Waals surface area contributed by atoms with Crippen molar-refractivity contribution in [2.45, 2.75) is 30.5 Å². The number of ether oxygens (including phenoxy) is 1. The molecule has 0 spiro atoms. The first-order valence-electron chi connectivity index (χ1n) is 7.06. The second kappa shape index (κ2) is 7.54. The van der Waals surface area contributed by atoms with Crippen molar-refractivity contribution >= 4 is 27.6 Å². The molecule has 0 heterocycles. The number of nitrogens with one attached hydrogen (secondary N) is 1. The summed E-state index contributed by atoms with van der Waals surface area (Å²) in [7, 11) is -4.36. The highest BCUT2D eigenvalue weighted by atomic mass is 32.2. The highest BCUT2D eigenvalue weighted by Gasteiger charge is 2.70. The largest absolute Gasteiger partial charge is 0.467 e. The third kappa shape index (κ3) is 3.93. The average molecular weight is 395 g/mol. The molecule has 26 heavy (non-hydrogen) atoms. The first-order valence-corrected chi connectivity index (χ1v) is 8.54. The second-order valence-corrected chi connectivity index (χ2v) is 7.05. The van der Waals surface area contributed by atoms with E-state index in [0.29, 0.717) is 21.0 Å². The van der Waals surface area contributed by atoms with Crippen LogP contribution in [-0.2, 0) is 29.1 Å². The smallest absolute Gasteiger partial charge is 0.419 e. The predicted molar refractivity (Wildman–Crippen MR) is 82.4 cm³/mol. The lowest BCUT2D eigenvalue weighted by atomic mass is 9.79. The molecule has 11 heteroatoms. The van der Waals surface area contributed by atoms with Crippen molar-refractivity contribution in [2.24, 2.45) is 5.92 Å². The molecule has 1 N–H and O–H groups in total. The maximum Gasteiger partial charge on any atom is 0.419 e. The van der Waals surface area contributed by atoms with Gasteiger partial charge in [-0.1, -0.05) is 18.2 Å². The minimum atomic E-state index is -5.65. The lowest BCUT2D eigenvalue weighted by molar-refractivity contribution is -0.218. The Hall–Kier alpha value is -2.27. The van der Waals surface area contributed by atoms with Crippen molar-refractivity contribution < 1.29 is 40.7 Å². The van der Waals surface area contributed by atoms with Crippen molar-refractivity contribution in [3.05, 3.63) is 30.3 Å².